The molecule has 0 radical (unpaired) electrons. The molecule has 0 aromatic rings. The zero-order valence-corrected chi connectivity index (χ0v) is 8.84. The molecule has 14 heavy (non-hydrogen) atoms. The minimum absolute atomic E-state index is 0.144. The second kappa shape index (κ2) is 6.79. The van der Waals surface area contributed by atoms with Gasteiger partial charge in [-0.05, 0) is 19.4 Å². The van der Waals surface area contributed by atoms with E-state index in [4.69, 9.17) is 0 Å². The van der Waals surface area contributed by atoms with Gasteiger partial charge in [0.15, 0.2) is 0 Å². The first-order valence-electron chi connectivity index (χ1n) is 5.34. The van der Waals surface area contributed by atoms with Crippen molar-refractivity contribution in [3.05, 3.63) is 0 Å². The number of esters is 1. The van der Waals surface area contributed by atoms with E-state index in [1.54, 1.807) is 0 Å². The molecule has 1 aliphatic heterocycles. The smallest absolute Gasteiger partial charge is 0.306 e. The van der Waals surface area contributed by atoms with Crippen molar-refractivity contribution in [2.24, 2.45) is 0 Å². The van der Waals surface area contributed by atoms with E-state index in [0.29, 0.717) is 19.0 Å². The Balaban J connectivity index is 1.94. The van der Waals surface area contributed by atoms with Crippen LogP contribution < -0.4 is 10.6 Å². The zero-order valence-electron chi connectivity index (χ0n) is 8.84. The summed E-state index contributed by atoms with van der Waals surface area (Å²) in [5.41, 5.74) is 0. The van der Waals surface area contributed by atoms with Gasteiger partial charge < -0.3 is 15.4 Å². The van der Waals surface area contributed by atoms with Crippen molar-refractivity contribution in [3.8, 4) is 0 Å². The molecule has 4 heteroatoms. The van der Waals surface area contributed by atoms with E-state index in [1.165, 1.54) is 26.4 Å². The molecule has 0 aromatic heterocycles. The van der Waals surface area contributed by atoms with Gasteiger partial charge in [0.1, 0.15) is 0 Å². The molecule has 1 atom stereocenters. The minimum atomic E-state index is -0.144. The number of carbonyl (C=O) groups is 1. The van der Waals surface area contributed by atoms with Crippen molar-refractivity contribution >= 4 is 5.97 Å². The van der Waals surface area contributed by atoms with Crippen LogP contribution in [0.4, 0.5) is 0 Å². The van der Waals surface area contributed by atoms with E-state index in [9.17, 15) is 4.79 Å². The highest BCUT2D eigenvalue weighted by Crippen LogP contribution is 2.05. The lowest BCUT2D eigenvalue weighted by molar-refractivity contribution is -0.140. The molecule has 1 rings (SSSR count). The predicted molar refractivity (Wildman–Crippen MR) is 55.1 cm³/mol. The summed E-state index contributed by atoms with van der Waals surface area (Å²) >= 11 is 0. The lowest BCUT2D eigenvalue weighted by Gasteiger charge is -2.23. The fourth-order valence-corrected chi connectivity index (χ4v) is 1.67. The first kappa shape index (κ1) is 11.5. The molecule has 1 saturated heterocycles. The van der Waals surface area contributed by atoms with Crippen LogP contribution in [0.25, 0.3) is 0 Å². The Bertz CT molecular complexity index is 168. The van der Waals surface area contributed by atoms with Crippen LogP contribution >= 0.6 is 0 Å². The SMILES string of the molecule is COC(=O)CCNC[C@H]1CCCCN1. The van der Waals surface area contributed by atoms with Crippen LogP contribution in [-0.4, -0.2) is 38.8 Å². The molecule has 0 aromatic carbocycles. The molecule has 0 unspecified atom stereocenters. The van der Waals surface area contributed by atoms with Gasteiger partial charge in [-0.15, -0.1) is 0 Å². The summed E-state index contributed by atoms with van der Waals surface area (Å²) in [7, 11) is 1.42. The van der Waals surface area contributed by atoms with Crippen molar-refractivity contribution < 1.29 is 9.53 Å². The Morgan fingerprint density at radius 2 is 2.43 bits per heavy atom. The molecule has 0 aliphatic carbocycles. The van der Waals surface area contributed by atoms with Crippen LogP contribution in [0.3, 0.4) is 0 Å². The van der Waals surface area contributed by atoms with E-state index in [2.05, 4.69) is 15.4 Å². The maximum Gasteiger partial charge on any atom is 0.306 e. The average Bonchev–Trinajstić information content (AvgIpc) is 2.25. The van der Waals surface area contributed by atoms with Gasteiger partial charge in [0.05, 0.1) is 13.5 Å². The Morgan fingerprint density at radius 1 is 1.57 bits per heavy atom. The molecule has 0 spiro atoms. The van der Waals surface area contributed by atoms with Gasteiger partial charge in [-0.2, -0.15) is 0 Å². The Kier molecular flexibility index (Phi) is 5.56. The predicted octanol–water partition coefficient (Wildman–Crippen LogP) is 0.281. The highest BCUT2D eigenvalue weighted by atomic mass is 16.5. The van der Waals surface area contributed by atoms with Crippen LogP contribution in [0, 0.1) is 0 Å². The number of hydrogen-bond donors (Lipinski definition) is 2. The number of hydrogen-bond acceptors (Lipinski definition) is 4. The third-order valence-corrected chi connectivity index (χ3v) is 2.54. The molecular formula is C10H20N2O2. The maximum absolute atomic E-state index is 10.8. The monoisotopic (exact) mass is 200 g/mol. The number of carbonyl (C=O) groups excluding carboxylic acids is 1. The molecule has 82 valence electrons. The van der Waals surface area contributed by atoms with Crippen molar-refractivity contribution in [3.63, 3.8) is 0 Å². The Morgan fingerprint density at radius 3 is 3.07 bits per heavy atom. The summed E-state index contributed by atoms with van der Waals surface area (Å²) in [5, 5.41) is 6.70. The van der Waals surface area contributed by atoms with Crippen LogP contribution in [-0.2, 0) is 9.53 Å². The second-order valence-corrected chi connectivity index (χ2v) is 3.68. The Labute approximate surface area is 85.4 Å². The third kappa shape index (κ3) is 4.58. The standard InChI is InChI=1S/C10H20N2O2/c1-14-10(13)5-7-11-8-9-4-2-3-6-12-9/h9,11-12H,2-8H2,1H3/t9-/m1/s1. The van der Waals surface area contributed by atoms with Crippen LogP contribution in [0.15, 0.2) is 0 Å². The van der Waals surface area contributed by atoms with Crippen LogP contribution in [0.2, 0.25) is 0 Å². The lowest BCUT2D eigenvalue weighted by atomic mass is 10.1. The van der Waals surface area contributed by atoms with Crippen molar-refractivity contribution in [1.82, 2.24) is 10.6 Å². The molecule has 1 heterocycles. The largest absolute Gasteiger partial charge is 0.469 e. The summed E-state index contributed by atoms with van der Waals surface area (Å²) in [6.07, 6.45) is 4.31. The number of ether oxygens (including phenoxy) is 1. The van der Waals surface area contributed by atoms with Gasteiger partial charge in [-0.1, -0.05) is 6.42 Å². The minimum Gasteiger partial charge on any atom is -0.469 e. The molecule has 4 nitrogen and oxygen atoms in total. The number of methoxy groups -OCH3 is 1. The summed E-state index contributed by atoms with van der Waals surface area (Å²) in [6.45, 7) is 2.80. The molecule has 2 N–H and O–H groups in total. The third-order valence-electron chi connectivity index (χ3n) is 2.54. The van der Waals surface area contributed by atoms with Crippen molar-refractivity contribution in [2.45, 2.75) is 31.7 Å². The van der Waals surface area contributed by atoms with Crippen molar-refractivity contribution in [1.29, 1.82) is 0 Å². The average molecular weight is 200 g/mol. The topological polar surface area (TPSA) is 50.4 Å². The van der Waals surface area contributed by atoms with Gasteiger partial charge in [0, 0.05) is 19.1 Å². The zero-order chi connectivity index (χ0) is 10.2. The highest BCUT2D eigenvalue weighted by Gasteiger charge is 2.11. The van der Waals surface area contributed by atoms with Crippen LogP contribution in [0.1, 0.15) is 25.7 Å². The Hall–Kier alpha value is -0.610. The number of piperidine rings is 1. The lowest BCUT2D eigenvalue weighted by Crippen LogP contribution is -2.42. The number of rotatable bonds is 5. The quantitative estimate of drug-likeness (QED) is 0.494. The van der Waals surface area contributed by atoms with Gasteiger partial charge in [-0.3, -0.25) is 4.79 Å². The number of nitrogens with one attached hydrogen (secondary N) is 2. The summed E-state index contributed by atoms with van der Waals surface area (Å²) in [4.78, 5) is 10.8. The van der Waals surface area contributed by atoms with E-state index < -0.39 is 0 Å². The van der Waals surface area contributed by atoms with E-state index in [-0.39, 0.29) is 5.97 Å². The van der Waals surface area contributed by atoms with Gasteiger partial charge in [-0.25, -0.2) is 0 Å². The van der Waals surface area contributed by atoms with Crippen LogP contribution in [0.5, 0.6) is 0 Å². The molecule has 1 aliphatic rings. The first-order valence-corrected chi connectivity index (χ1v) is 5.34. The van der Waals surface area contributed by atoms with E-state index in [0.717, 1.165) is 13.1 Å². The summed E-state index contributed by atoms with van der Waals surface area (Å²) in [5.74, 6) is -0.144. The fourth-order valence-electron chi connectivity index (χ4n) is 1.67. The van der Waals surface area contributed by atoms with E-state index in [1.807, 2.05) is 0 Å². The molecule has 0 amide bonds. The van der Waals surface area contributed by atoms with E-state index >= 15 is 0 Å². The maximum atomic E-state index is 10.8. The normalized spacial score (nSPS) is 21.9. The van der Waals surface area contributed by atoms with Crippen molar-refractivity contribution in [2.75, 3.05) is 26.7 Å². The molecule has 0 saturated carbocycles. The highest BCUT2D eigenvalue weighted by molar-refractivity contribution is 5.69. The summed E-state index contributed by atoms with van der Waals surface area (Å²) < 4.78 is 4.55. The molecular weight excluding hydrogens is 180 g/mol. The van der Waals surface area contributed by atoms with Gasteiger partial charge in [0.25, 0.3) is 0 Å². The van der Waals surface area contributed by atoms with Gasteiger partial charge >= 0.3 is 5.97 Å². The second-order valence-electron chi connectivity index (χ2n) is 3.68. The first-order chi connectivity index (χ1) is 6.83. The fraction of sp³-hybridized carbons (Fsp3) is 0.900. The summed E-state index contributed by atoms with van der Waals surface area (Å²) in [6, 6.07) is 0.585. The molecule has 1 fully saturated rings. The van der Waals surface area contributed by atoms with Gasteiger partial charge in [0.2, 0.25) is 0 Å². The molecule has 0 bridgehead atoms.